The first-order valence-corrected chi connectivity index (χ1v) is 11.1. The molecule has 0 aliphatic carbocycles. The maximum Gasteiger partial charge on any atom is 0.511 e. The topological polar surface area (TPSA) is 73.8 Å². The average molecular weight is 542 g/mol. The Balaban J connectivity index is 0.00000729. The van der Waals surface area contributed by atoms with Gasteiger partial charge in [-0.25, -0.2) is 8.42 Å². The molecular weight excluding hydrogens is 508 g/mol. The number of sulfonamides is 1. The van der Waals surface area contributed by atoms with E-state index in [1.54, 1.807) is 7.05 Å². The van der Waals surface area contributed by atoms with Gasteiger partial charge >= 0.3 is 15.5 Å². The molecule has 1 heterocycles. The molecule has 0 amide bonds. The number of aliphatic imine (C=N–C) groups is 1. The van der Waals surface area contributed by atoms with Crippen LogP contribution in [-0.4, -0.2) is 56.9 Å². The van der Waals surface area contributed by atoms with Gasteiger partial charge in [0.05, 0.1) is 0 Å². The van der Waals surface area contributed by atoms with Gasteiger partial charge in [-0.1, -0.05) is 39.5 Å². The SMILES string of the molecule is CN=C(NCCCCCCC(C)C)NC1CCN(S(=O)(=O)C(F)(F)F)CC1.I. The van der Waals surface area contributed by atoms with Crippen LogP contribution in [-0.2, 0) is 10.0 Å². The van der Waals surface area contributed by atoms with Crippen molar-refractivity contribution in [3.8, 4) is 0 Å². The molecule has 1 saturated heterocycles. The molecule has 28 heavy (non-hydrogen) atoms. The standard InChI is InChI=1S/C17H33F3N4O2S.HI/c1-14(2)8-6-4-5-7-11-22-16(21-3)23-15-9-12-24(13-10-15)27(25,26)17(18,19)20;/h14-15H,4-13H2,1-3H3,(H2,21,22,23);1H. The Morgan fingerprint density at radius 1 is 1.14 bits per heavy atom. The highest BCUT2D eigenvalue weighted by Crippen LogP contribution is 2.28. The van der Waals surface area contributed by atoms with E-state index in [1.807, 2.05) is 0 Å². The monoisotopic (exact) mass is 542 g/mol. The van der Waals surface area contributed by atoms with E-state index in [4.69, 9.17) is 0 Å². The first-order valence-electron chi connectivity index (χ1n) is 9.61. The highest BCUT2D eigenvalue weighted by Gasteiger charge is 2.50. The highest BCUT2D eigenvalue weighted by molar-refractivity contribution is 14.0. The zero-order valence-corrected chi connectivity index (χ0v) is 20.0. The van der Waals surface area contributed by atoms with Crippen LogP contribution in [0, 0.1) is 5.92 Å². The van der Waals surface area contributed by atoms with Crippen molar-refractivity contribution >= 4 is 40.0 Å². The van der Waals surface area contributed by atoms with Crippen LogP contribution in [0.25, 0.3) is 0 Å². The summed E-state index contributed by atoms with van der Waals surface area (Å²) in [6.07, 6.45) is 6.49. The number of rotatable bonds is 9. The molecule has 2 N–H and O–H groups in total. The van der Waals surface area contributed by atoms with Crippen molar-refractivity contribution in [1.82, 2.24) is 14.9 Å². The molecule has 0 saturated carbocycles. The number of hydrogen-bond acceptors (Lipinski definition) is 3. The first kappa shape index (κ1) is 27.7. The van der Waals surface area contributed by atoms with E-state index < -0.39 is 15.5 Å². The lowest BCUT2D eigenvalue weighted by Crippen LogP contribution is -2.51. The van der Waals surface area contributed by atoms with Gasteiger partial charge in [0.25, 0.3) is 0 Å². The van der Waals surface area contributed by atoms with Crippen molar-refractivity contribution in [2.45, 2.75) is 70.3 Å². The van der Waals surface area contributed by atoms with Crippen LogP contribution in [0.1, 0.15) is 58.8 Å². The van der Waals surface area contributed by atoms with Crippen LogP contribution in [0.3, 0.4) is 0 Å². The number of piperidine rings is 1. The maximum atomic E-state index is 12.6. The molecule has 0 unspecified atom stereocenters. The maximum absolute atomic E-state index is 12.6. The number of hydrogen-bond donors (Lipinski definition) is 2. The summed E-state index contributed by atoms with van der Waals surface area (Å²) in [7, 11) is -3.59. The van der Waals surface area contributed by atoms with Crippen molar-refractivity contribution in [3.05, 3.63) is 0 Å². The molecule has 6 nitrogen and oxygen atoms in total. The molecule has 1 rings (SSSR count). The molecule has 0 bridgehead atoms. The summed E-state index contributed by atoms with van der Waals surface area (Å²) < 4.78 is 61.1. The summed E-state index contributed by atoms with van der Waals surface area (Å²) in [6, 6.07) is -0.0954. The Kier molecular flexibility index (Phi) is 13.0. The van der Waals surface area contributed by atoms with Crippen LogP contribution >= 0.6 is 24.0 Å². The van der Waals surface area contributed by atoms with Crippen LogP contribution in [0.4, 0.5) is 13.2 Å². The van der Waals surface area contributed by atoms with Crippen molar-refractivity contribution in [2.24, 2.45) is 10.9 Å². The van der Waals surface area contributed by atoms with Crippen molar-refractivity contribution < 1.29 is 21.6 Å². The molecule has 168 valence electrons. The largest absolute Gasteiger partial charge is 0.511 e. The average Bonchev–Trinajstić information content (AvgIpc) is 2.59. The van der Waals surface area contributed by atoms with Crippen molar-refractivity contribution in [2.75, 3.05) is 26.7 Å². The molecule has 0 radical (unpaired) electrons. The lowest BCUT2D eigenvalue weighted by atomic mass is 10.0. The highest BCUT2D eigenvalue weighted by atomic mass is 127. The van der Waals surface area contributed by atoms with Gasteiger partial charge in [-0.05, 0) is 25.2 Å². The molecule has 1 aliphatic rings. The summed E-state index contributed by atoms with van der Waals surface area (Å²) in [6.45, 7) is 4.93. The van der Waals surface area contributed by atoms with E-state index in [-0.39, 0.29) is 43.1 Å². The minimum absolute atomic E-state index is 0. The van der Waals surface area contributed by atoms with E-state index in [0.29, 0.717) is 23.1 Å². The van der Waals surface area contributed by atoms with E-state index in [9.17, 15) is 21.6 Å². The van der Waals surface area contributed by atoms with Crippen molar-refractivity contribution in [3.63, 3.8) is 0 Å². The third-order valence-electron chi connectivity index (χ3n) is 4.65. The number of halogens is 4. The quantitative estimate of drug-likeness (QED) is 0.202. The van der Waals surface area contributed by atoms with Gasteiger partial charge in [-0.3, -0.25) is 4.99 Å². The fourth-order valence-corrected chi connectivity index (χ4v) is 4.00. The minimum Gasteiger partial charge on any atom is -0.356 e. The van der Waals surface area contributed by atoms with Gasteiger partial charge in [0.1, 0.15) is 0 Å². The summed E-state index contributed by atoms with van der Waals surface area (Å²) in [4.78, 5) is 4.13. The van der Waals surface area contributed by atoms with E-state index in [0.717, 1.165) is 25.3 Å². The fraction of sp³-hybridized carbons (Fsp3) is 0.941. The number of nitrogens with one attached hydrogen (secondary N) is 2. The zero-order chi connectivity index (χ0) is 20.5. The molecule has 0 aromatic carbocycles. The van der Waals surface area contributed by atoms with Gasteiger partial charge in [0.15, 0.2) is 5.96 Å². The smallest absolute Gasteiger partial charge is 0.356 e. The third-order valence-corrected chi connectivity index (χ3v) is 6.28. The summed E-state index contributed by atoms with van der Waals surface area (Å²) in [5, 5.41) is 6.38. The first-order chi connectivity index (χ1) is 12.6. The second-order valence-corrected chi connectivity index (χ2v) is 9.29. The Morgan fingerprint density at radius 3 is 2.21 bits per heavy atom. The number of unbranched alkanes of at least 4 members (excludes halogenated alkanes) is 3. The second kappa shape index (κ2) is 13.1. The van der Waals surface area contributed by atoms with E-state index in [2.05, 4.69) is 29.5 Å². The lowest BCUT2D eigenvalue weighted by molar-refractivity contribution is -0.0494. The minimum atomic E-state index is -5.24. The van der Waals surface area contributed by atoms with Gasteiger partial charge in [-0.15, -0.1) is 24.0 Å². The predicted molar refractivity (Wildman–Crippen MR) is 117 cm³/mol. The molecule has 0 aromatic rings. The van der Waals surface area contributed by atoms with Crippen LogP contribution in [0.15, 0.2) is 4.99 Å². The number of nitrogens with zero attached hydrogens (tertiary/aromatic N) is 2. The molecule has 0 aromatic heterocycles. The Hall–Kier alpha value is -0.300. The molecule has 0 atom stereocenters. The molecule has 1 aliphatic heterocycles. The molecule has 11 heteroatoms. The van der Waals surface area contributed by atoms with E-state index >= 15 is 0 Å². The number of alkyl halides is 3. The Bertz CT molecular complexity index is 563. The second-order valence-electron chi connectivity index (χ2n) is 7.36. The third kappa shape index (κ3) is 9.47. The van der Waals surface area contributed by atoms with E-state index in [1.165, 1.54) is 19.3 Å². The van der Waals surface area contributed by atoms with Crippen molar-refractivity contribution in [1.29, 1.82) is 0 Å². The molecule has 0 spiro atoms. The summed E-state index contributed by atoms with van der Waals surface area (Å²) >= 11 is 0. The number of guanidine groups is 1. The normalized spacial score (nSPS) is 17.5. The van der Waals surface area contributed by atoms with Crippen LogP contribution in [0.2, 0.25) is 0 Å². The zero-order valence-electron chi connectivity index (χ0n) is 16.9. The fourth-order valence-electron chi connectivity index (χ4n) is 3.01. The van der Waals surface area contributed by atoms with Gasteiger partial charge < -0.3 is 10.6 Å². The molecular formula is C17H34F3IN4O2S. The lowest BCUT2D eigenvalue weighted by Gasteiger charge is -2.32. The predicted octanol–water partition coefficient (Wildman–Crippen LogP) is 3.69. The van der Waals surface area contributed by atoms with Crippen LogP contribution in [0.5, 0.6) is 0 Å². The van der Waals surface area contributed by atoms with Gasteiger partial charge in [-0.2, -0.15) is 17.5 Å². The Morgan fingerprint density at radius 2 is 1.71 bits per heavy atom. The van der Waals surface area contributed by atoms with Crippen LogP contribution < -0.4 is 10.6 Å². The molecule has 1 fully saturated rings. The summed E-state index contributed by atoms with van der Waals surface area (Å²) in [5.41, 5.74) is -5.24. The Labute approximate surface area is 184 Å². The summed E-state index contributed by atoms with van der Waals surface area (Å²) in [5.74, 6) is 1.35. The van der Waals surface area contributed by atoms with Gasteiger partial charge in [0, 0.05) is 32.7 Å². The van der Waals surface area contributed by atoms with Gasteiger partial charge in [0.2, 0.25) is 0 Å².